The van der Waals surface area contributed by atoms with E-state index in [1.165, 1.54) is 10.4 Å². The lowest BCUT2D eigenvalue weighted by atomic mass is 10.0. The number of hydrogen-bond donors (Lipinski definition) is 1. The van der Waals surface area contributed by atoms with Crippen LogP contribution in [0.3, 0.4) is 0 Å². The Morgan fingerprint density at radius 3 is 3.11 bits per heavy atom. The second-order valence-corrected chi connectivity index (χ2v) is 6.10. The van der Waals surface area contributed by atoms with Crippen molar-refractivity contribution in [3.05, 3.63) is 45.8 Å². The van der Waals surface area contributed by atoms with Crippen molar-refractivity contribution >= 4 is 34.4 Å². The predicted molar refractivity (Wildman–Crippen MR) is 83.9 cm³/mol. The van der Waals surface area contributed by atoms with Crippen LogP contribution in [-0.4, -0.2) is 16.5 Å². The first-order chi connectivity index (χ1) is 9.16. The zero-order valence-electron chi connectivity index (χ0n) is 10.7. The van der Waals surface area contributed by atoms with Crippen molar-refractivity contribution < 1.29 is 0 Å². The summed E-state index contributed by atoms with van der Waals surface area (Å²) in [6.45, 7) is 3.21. The van der Waals surface area contributed by atoms with Gasteiger partial charge in [0.15, 0.2) is 0 Å². The molecule has 1 aliphatic rings. The minimum atomic E-state index is 0.350. The Labute approximate surface area is 122 Å². The fourth-order valence-electron chi connectivity index (χ4n) is 2.54. The predicted octanol–water partition coefficient (Wildman–Crippen LogP) is 2.90. The normalized spacial score (nSPS) is 18.2. The average Bonchev–Trinajstić information content (AvgIpc) is 2.88. The minimum absolute atomic E-state index is 0.350. The highest BCUT2D eigenvalue weighted by Crippen LogP contribution is 2.35. The highest BCUT2D eigenvalue weighted by molar-refractivity contribution is 7.80. The van der Waals surface area contributed by atoms with Crippen molar-refractivity contribution in [3.8, 4) is 0 Å². The topological polar surface area (TPSA) is 42.1 Å². The van der Waals surface area contributed by atoms with Gasteiger partial charge in [-0.25, -0.2) is 4.98 Å². The molecule has 0 aliphatic carbocycles. The smallest absolute Gasteiger partial charge is 0.129 e. The third kappa shape index (κ3) is 2.24. The molecule has 0 bridgehead atoms. The maximum Gasteiger partial charge on any atom is 0.129 e. The number of rotatable bonds is 2. The van der Waals surface area contributed by atoms with Crippen molar-refractivity contribution in [2.45, 2.75) is 19.4 Å². The number of fused-ring (bicyclic) bond motifs is 1. The number of anilines is 1. The molecule has 3 heterocycles. The van der Waals surface area contributed by atoms with E-state index in [0.717, 1.165) is 18.8 Å². The highest BCUT2D eigenvalue weighted by atomic mass is 32.1. The fourth-order valence-corrected chi connectivity index (χ4v) is 3.62. The molecule has 98 valence electrons. The molecule has 5 heteroatoms. The molecule has 0 radical (unpaired) electrons. The van der Waals surface area contributed by atoms with Crippen molar-refractivity contribution in [1.29, 1.82) is 0 Å². The Kier molecular flexibility index (Phi) is 3.24. The first-order valence-electron chi connectivity index (χ1n) is 6.26. The van der Waals surface area contributed by atoms with Gasteiger partial charge in [0.1, 0.15) is 10.8 Å². The van der Waals surface area contributed by atoms with Gasteiger partial charge >= 0.3 is 0 Å². The summed E-state index contributed by atoms with van der Waals surface area (Å²) in [4.78, 5) is 8.73. The van der Waals surface area contributed by atoms with Crippen LogP contribution in [0.15, 0.2) is 29.6 Å². The molecule has 1 aliphatic heterocycles. The van der Waals surface area contributed by atoms with Crippen LogP contribution >= 0.6 is 23.6 Å². The molecule has 0 saturated heterocycles. The summed E-state index contributed by atoms with van der Waals surface area (Å²) in [5.74, 6) is 0.953. The third-order valence-electron chi connectivity index (χ3n) is 3.56. The third-order valence-corrected chi connectivity index (χ3v) is 4.76. The second-order valence-electron chi connectivity index (χ2n) is 4.66. The molecular weight excluding hydrogens is 274 g/mol. The molecule has 0 aromatic carbocycles. The number of aromatic nitrogens is 1. The number of hydrogen-bond acceptors (Lipinski definition) is 4. The van der Waals surface area contributed by atoms with E-state index in [1.807, 2.05) is 29.5 Å². The van der Waals surface area contributed by atoms with Crippen molar-refractivity contribution in [2.24, 2.45) is 5.73 Å². The molecule has 0 saturated carbocycles. The molecule has 2 N–H and O–H groups in total. The van der Waals surface area contributed by atoms with Gasteiger partial charge in [-0.05, 0) is 42.5 Å². The maximum absolute atomic E-state index is 5.66. The zero-order valence-corrected chi connectivity index (χ0v) is 12.3. The summed E-state index contributed by atoms with van der Waals surface area (Å²) in [5, 5.41) is 2.17. The standard InChI is InChI=1S/C14H15N3S2/c1-9-10-6-8-19-12(10)5-7-17(9)13-4-2-3-11(16-13)14(15)18/h2-4,6,8-9H,5,7H2,1H3,(H2,15,18). The summed E-state index contributed by atoms with van der Waals surface area (Å²) in [6.07, 6.45) is 1.08. The van der Waals surface area contributed by atoms with Crippen molar-refractivity contribution in [3.63, 3.8) is 0 Å². The van der Waals surface area contributed by atoms with Gasteiger partial charge < -0.3 is 10.6 Å². The first-order valence-corrected chi connectivity index (χ1v) is 7.55. The number of nitrogens with two attached hydrogens (primary N) is 1. The Balaban J connectivity index is 1.95. The van der Waals surface area contributed by atoms with Crippen LogP contribution in [0.2, 0.25) is 0 Å². The van der Waals surface area contributed by atoms with Gasteiger partial charge in [-0.1, -0.05) is 18.3 Å². The van der Waals surface area contributed by atoms with Crippen LogP contribution in [0, 0.1) is 0 Å². The maximum atomic E-state index is 5.66. The Hall–Kier alpha value is -1.46. The fraction of sp³-hybridized carbons (Fsp3) is 0.286. The van der Waals surface area contributed by atoms with E-state index in [2.05, 4.69) is 28.3 Å². The quantitative estimate of drug-likeness (QED) is 0.863. The van der Waals surface area contributed by atoms with Crippen LogP contribution in [0.5, 0.6) is 0 Å². The van der Waals surface area contributed by atoms with Gasteiger partial charge in [0.2, 0.25) is 0 Å². The van der Waals surface area contributed by atoms with E-state index in [1.54, 1.807) is 0 Å². The lowest BCUT2D eigenvalue weighted by Gasteiger charge is -2.34. The van der Waals surface area contributed by atoms with Gasteiger partial charge in [-0.2, -0.15) is 0 Å². The highest BCUT2D eigenvalue weighted by Gasteiger charge is 2.25. The Morgan fingerprint density at radius 1 is 1.47 bits per heavy atom. The van der Waals surface area contributed by atoms with E-state index in [9.17, 15) is 0 Å². The summed E-state index contributed by atoms with van der Waals surface area (Å²) >= 11 is 6.85. The van der Waals surface area contributed by atoms with Crippen LogP contribution in [0.1, 0.15) is 29.1 Å². The number of nitrogens with zero attached hydrogens (tertiary/aromatic N) is 2. The number of thiocarbonyl (C=S) groups is 1. The molecule has 1 atom stereocenters. The first kappa shape index (κ1) is 12.6. The molecule has 2 aromatic heterocycles. The number of thiophene rings is 1. The Morgan fingerprint density at radius 2 is 2.32 bits per heavy atom. The van der Waals surface area contributed by atoms with Gasteiger partial charge in [0.25, 0.3) is 0 Å². The summed E-state index contributed by atoms with van der Waals surface area (Å²) in [6, 6.07) is 8.41. The monoisotopic (exact) mass is 289 g/mol. The van der Waals surface area contributed by atoms with Gasteiger partial charge in [0, 0.05) is 11.4 Å². The van der Waals surface area contributed by atoms with E-state index in [4.69, 9.17) is 18.0 Å². The van der Waals surface area contributed by atoms with E-state index in [0.29, 0.717) is 16.7 Å². The van der Waals surface area contributed by atoms with Crippen LogP contribution in [-0.2, 0) is 6.42 Å². The van der Waals surface area contributed by atoms with Crippen molar-refractivity contribution in [1.82, 2.24) is 4.98 Å². The average molecular weight is 289 g/mol. The second kappa shape index (κ2) is 4.90. The minimum Gasteiger partial charge on any atom is -0.388 e. The molecule has 3 nitrogen and oxygen atoms in total. The lowest BCUT2D eigenvalue weighted by molar-refractivity contribution is 0.625. The Bertz CT molecular complexity index is 621. The largest absolute Gasteiger partial charge is 0.388 e. The molecule has 0 fully saturated rings. The van der Waals surface area contributed by atoms with Crippen LogP contribution < -0.4 is 10.6 Å². The zero-order chi connectivity index (χ0) is 13.4. The summed E-state index contributed by atoms with van der Waals surface area (Å²) < 4.78 is 0. The molecule has 1 unspecified atom stereocenters. The van der Waals surface area contributed by atoms with Crippen LogP contribution in [0.25, 0.3) is 0 Å². The van der Waals surface area contributed by atoms with Gasteiger partial charge in [-0.15, -0.1) is 11.3 Å². The molecule has 0 amide bonds. The van der Waals surface area contributed by atoms with E-state index < -0.39 is 0 Å². The SMILES string of the molecule is CC1c2ccsc2CCN1c1cccc(C(N)=S)n1. The number of pyridine rings is 1. The van der Waals surface area contributed by atoms with Crippen LogP contribution in [0.4, 0.5) is 5.82 Å². The molecule has 0 spiro atoms. The molecule has 19 heavy (non-hydrogen) atoms. The van der Waals surface area contributed by atoms with Crippen molar-refractivity contribution in [2.75, 3.05) is 11.4 Å². The molecule has 3 rings (SSSR count). The van der Waals surface area contributed by atoms with E-state index >= 15 is 0 Å². The van der Waals surface area contributed by atoms with E-state index in [-0.39, 0.29) is 0 Å². The van der Waals surface area contributed by atoms with Gasteiger partial charge in [0.05, 0.1) is 11.7 Å². The lowest BCUT2D eigenvalue weighted by Crippen LogP contribution is -2.34. The van der Waals surface area contributed by atoms with Gasteiger partial charge in [-0.3, -0.25) is 0 Å². The molecule has 2 aromatic rings. The summed E-state index contributed by atoms with van der Waals surface area (Å²) in [7, 11) is 0. The molecular formula is C14H15N3S2. The summed E-state index contributed by atoms with van der Waals surface area (Å²) in [5.41, 5.74) is 7.77.